The first kappa shape index (κ1) is 9.21. The van der Waals surface area contributed by atoms with E-state index < -0.39 is 0 Å². The van der Waals surface area contributed by atoms with Crippen molar-refractivity contribution in [2.45, 2.75) is 38.5 Å². The van der Waals surface area contributed by atoms with Crippen LogP contribution in [0.4, 0.5) is 0 Å². The van der Waals surface area contributed by atoms with Gasteiger partial charge in [-0.2, -0.15) is 5.26 Å². The highest BCUT2D eigenvalue weighted by molar-refractivity contribution is 5.38. The van der Waals surface area contributed by atoms with E-state index >= 15 is 0 Å². The number of pyridine rings is 1. The van der Waals surface area contributed by atoms with Gasteiger partial charge in [-0.15, -0.1) is 0 Å². The van der Waals surface area contributed by atoms with Gasteiger partial charge in [-0.05, 0) is 30.9 Å². The molecule has 0 amide bonds. The zero-order valence-corrected chi connectivity index (χ0v) is 8.62. The molecule has 1 fully saturated rings. The molecule has 0 aromatic carbocycles. The van der Waals surface area contributed by atoms with E-state index in [1.165, 1.54) is 12.8 Å². The van der Waals surface area contributed by atoms with E-state index in [0.29, 0.717) is 11.8 Å². The number of hydrogen-bond acceptors (Lipinski definition) is 2. The molecule has 0 aliphatic heterocycles. The van der Waals surface area contributed by atoms with Crippen LogP contribution in [0.15, 0.2) is 12.1 Å². The number of aromatic nitrogens is 1. The topological polar surface area (TPSA) is 36.7 Å². The van der Waals surface area contributed by atoms with E-state index in [4.69, 9.17) is 5.26 Å². The molecule has 1 aliphatic carbocycles. The van der Waals surface area contributed by atoms with Gasteiger partial charge >= 0.3 is 0 Å². The first-order valence-electron chi connectivity index (χ1n) is 5.13. The molecular formula is C12H14N2. The maximum Gasteiger partial charge on any atom is 0.101 e. The van der Waals surface area contributed by atoms with Gasteiger partial charge in [0.05, 0.1) is 11.3 Å². The van der Waals surface area contributed by atoms with Crippen molar-refractivity contribution in [2.24, 2.45) is 0 Å². The number of nitrogens with zero attached hydrogens (tertiary/aromatic N) is 2. The van der Waals surface area contributed by atoms with Gasteiger partial charge in [-0.25, -0.2) is 0 Å². The van der Waals surface area contributed by atoms with Crippen LogP contribution in [0.2, 0.25) is 0 Å². The zero-order valence-electron chi connectivity index (χ0n) is 8.62. The molecule has 0 spiro atoms. The van der Waals surface area contributed by atoms with Crippen molar-refractivity contribution in [3.8, 4) is 6.07 Å². The molecule has 0 saturated heterocycles. The molecule has 1 aromatic rings. The lowest BCUT2D eigenvalue weighted by Gasteiger charge is -2.07. The van der Waals surface area contributed by atoms with Gasteiger partial charge in [-0.1, -0.05) is 13.8 Å². The lowest BCUT2D eigenvalue weighted by molar-refractivity contribution is 0.803. The lowest BCUT2D eigenvalue weighted by Crippen LogP contribution is -1.99. The SMILES string of the molecule is CC(C)c1ccc(C#N)c(C2CC2)n1. The molecule has 1 saturated carbocycles. The molecule has 1 aliphatic rings. The zero-order chi connectivity index (χ0) is 10.1. The second-order valence-corrected chi connectivity index (χ2v) is 4.21. The number of nitriles is 1. The van der Waals surface area contributed by atoms with Gasteiger partial charge in [0.15, 0.2) is 0 Å². The molecule has 2 rings (SSSR count). The first-order chi connectivity index (χ1) is 6.72. The highest BCUT2D eigenvalue weighted by Gasteiger charge is 2.28. The van der Waals surface area contributed by atoms with E-state index in [9.17, 15) is 0 Å². The number of hydrogen-bond donors (Lipinski definition) is 0. The van der Waals surface area contributed by atoms with Crippen LogP contribution in [0.1, 0.15) is 55.5 Å². The van der Waals surface area contributed by atoms with Gasteiger partial charge in [0.25, 0.3) is 0 Å². The van der Waals surface area contributed by atoms with E-state index in [1.54, 1.807) is 0 Å². The van der Waals surface area contributed by atoms with Crippen molar-refractivity contribution in [1.29, 1.82) is 5.26 Å². The summed E-state index contributed by atoms with van der Waals surface area (Å²) in [4.78, 5) is 4.58. The summed E-state index contributed by atoms with van der Waals surface area (Å²) in [6, 6.07) is 6.10. The Hall–Kier alpha value is -1.36. The second-order valence-electron chi connectivity index (χ2n) is 4.21. The Morgan fingerprint density at radius 1 is 1.43 bits per heavy atom. The Labute approximate surface area is 84.6 Å². The van der Waals surface area contributed by atoms with Crippen molar-refractivity contribution >= 4 is 0 Å². The highest BCUT2D eigenvalue weighted by Crippen LogP contribution is 2.40. The van der Waals surface area contributed by atoms with Gasteiger partial charge in [0, 0.05) is 11.6 Å². The predicted molar refractivity (Wildman–Crippen MR) is 55.0 cm³/mol. The normalized spacial score (nSPS) is 15.6. The third-order valence-corrected chi connectivity index (χ3v) is 2.62. The summed E-state index contributed by atoms with van der Waals surface area (Å²) in [6.45, 7) is 4.26. The van der Waals surface area contributed by atoms with Crippen LogP contribution in [0, 0.1) is 11.3 Å². The van der Waals surface area contributed by atoms with Crippen molar-refractivity contribution in [3.05, 3.63) is 29.1 Å². The van der Waals surface area contributed by atoms with Crippen LogP contribution in [-0.4, -0.2) is 4.98 Å². The average molecular weight is 186 g/mol. The Bertz CT molecular complexity index is 384. The van der Waals surface area contributed by atoms with Crippen LogP contribution in [0.5, 0.6) is 0 Å². The van der Waals surface area contributed by atoms with Gasteiger partial charge in [-0.3, -0.25) is 4.98 Å². The Kier molecular flexibility index (Phi) is 2.25. The summed E-state index contributed by atoms with van der Waals surface area (Å²) in [5.74, 6) is 1.00. The fraction of sp³-hybridized carbons (Fsp3) is 0.500. The van der Waals surface area contributed by atoms with Crippen LogP contribution in [0.3, 0.4) is 0 Å². The summed E-state index contributed by atoms with van der Waals surface area (Å²) < 4.78 is 0. The molecule has 14 heavy (non-hydrogen) atoms. The summed E-state index contributed by atoms with van der Waals surface area (Å²) in [7, 11) is 0. The first-order valence-corrected chi connectivity index (χ1v) is 5.13. The third kappa shape index (κ3) is 1.63. The summed E-state index contributed by atoms with van der Waals surface area (Å²) in [5.41, 5.74) is 2.89. The fourth-order valence-corrected chi connectivity index (χ4v) is 1.57. The molecule has 0 atom stereocenters. The second kappa shape index (κ2) is 3.42. The monoisotopic (exact) mass is 186 g/mol. The quantitative estimate of drug-likeness (QED) is 0.712. The molecule has 0 unspecified atom stereocenters. The van der Waals surface area contributed by atoms with E-state index in [-0.39, 0.29) is 0 Å². The highest BCUT2D eigenvalue weighted by atomic mass is 14.7. The Morgan fingerprint density at radius 2 is 2.14 bits per heavy atom. The average Bonchev–Trinajstić information content (AvgIpc) is 3.00. The molecule has 1 aromatic heterocycles. The Balaban J connectivity index is 2.42. The molecule has 0 radical (unpaired) electrons. The van der Waals surface area contributed by atoms with Crippen LogP contribution < -0.4 is 0 Å². The molecular weight excluding hydrogens is 172 g/mol. The molecule has 2 heteroatoms. The van der Waals surface area contributed by atoms with Crippen LogP contribution >= 0.6 is 0 Å². The smallest absolute Gasteiger partial charge is 0.101 e. The Morgan fingerprint density at radius 3 is 2.64 bits per heavy atom. The summed E-state index contributed by atoms with van der Waals surface area (Å²) in [6.07, 6.45) is 2.40. The maximum absolute atomic E-state index is 8.93. The molecule has 0 N–H and O–H groups in total. The van der Waals surface area contributed by atoms with Crippen molar-refractivity contribution in [1.82, 2.24) is 4.98 Å². The third-order valence-electron chi connectivity index (χ3n) is 2.62. The predicted octanol–water partition coefficient (Wildman–Crippen LogP) is 2.95. The minimum atomic E-state index is 0.445. The van der Waals surface area contributed by atoms with Crippen molar-refractivity contribution < 1.29 is 0 Å². The molecule has 2 nitrogen and oxygen atoms in total. The lowest BCUT2D eigenvalue weighted by atomic mass is 10.1. The molecule has 1 heterocycles. The molecule has 72 valence electrons. The van der Waals surface area contributed by atoms with Crippen molar-refractivity contribution in [2.75, 3.05) is 0 Å². The minimum absolute atomic E-state index is 0.445. The van der Waals surface area contributed by atoms with Crippen LogP contribution in [0.25, 0.3) is 0 Å². The van der Waals surface area contributed by atoms with Gasteiger partial charge < -0.3 is 0 Å². The van der Waals surface area contributed by atoms with E-state index in [1.807, 2.05) is 12.1 Å². The minimum Gasteiger partial charge on any atom is -0.256 e. The van der Waals surface area contributed by atoms with E-state index in [0.717, 1.165) is 17.0 Å². The van der Waals surface area contributed by atoms with Gasteiger partial charge in [0.2, 0.25) is 0 Å². The van der Waals surface area contributed by atoms with Gasteiger partial charge in [0.1, 0.15) is 6.07 Å². The number of rotatable bonds is 2. The van der Waals surface area contributed by atoms with Crippen LogP contribution in [-0.2, 0) is 0 Å². The van der Waals surface area contributed by atoms with E-state index in [2.05, 4.69) is 24.9 Å². The largest absolute Gasteiger partial charge is 0.256 e. The summed E-state index contributed by atoms with van der Waals surface area (Å²) >= 11 is 0. The van der Waals surface area contributed by atoms with Crippen molar-refractivity contribution in [3.63, 3.8) is 0 Å². The fourth-order valence-electron chi connectivity index (χ4n) is 1.57. The maximum atomic E-state index is 8.93. The standard InChI is InChI=1S/C12H14N2/c1-8(2)11-6-5-10(7-13)12(14-11)9-3-4-9/h5-6,8-9H,3-4H2,1-2H3. The summed E-state index contributed by atoms with van der Waals surface area (Å²) in [5, 5.41) is 8.93. The molecule has 0 bridgehead atoms.